The number of aromatic nitrogens is 1. The standard InChI is InChI=1S/C29H29FN4O3S/c1-32-12-10-23-24-16-34(29(35)31-20-13-21(36-2)15-22(14-20)37-3)27(18-6-8-19(30)9-7-18)25-5-4-11-33(25)28(24)38-26(23)17-32/h4-9,11,13-15,27H,10,12,16-17H2,1-3H3,(H,31,35)/t27-/m1/s1. The summed E-state index contributed by atoms with van der Waals surface area (Å²) in [7, 11) is 5.29. The van der Waals surface area contributed by atoms with Crippen LogP contribution in [-0.2, 0) is 19.5 Å². The van der Waals surface area contributed by atoms with Crippen molar-refractivity contribution in [1.82, 2.24) is 14.4 Å². The number of carbonyl (C=O) groups is 1. The number of hydrogen-bond donors (Lipinski definition) is 1. The van der Waals surface area contributed by atoms with Gasteiger partial charge in [0.15, 0.2) is 0 Å². The van der Waals surface area contributed by atoms with Gasteiger partial charge in [0.25, 0.3) is 0 Å². The molecule has 2 aromatic heterocycles. The number of amides is 2. The number of benzene rings is 2. The van der Waals surface area contributed by atoms with Gasteiger partial charge in [0.05, 0.1) is 32.5 Å². The summed E-state index contributed by atoms with van der Waals surface area (Å²) in [5.74, 6) is 0.852. The number of nitrogens with one attached hydrogen (secondary N) is 1. The lowest BCUT2D eigenvalue weighted by Crippen LogP contribution is -2.38. The summed E-state index contributed by atoms with van der Waals surface area (Å²) in [4.78, 5) is 19.6. The van der Waals surface area contributed by atoms with Crippen LogP contribution in [0.2, 0.25) is 0 Å². The first-order chi connectivity index (χ1) is 18.4. The van der Waals surface area contributed by atoms with Gasteiger partial charge in [-0.15, -0.1) is 11.3 Å². The van der Waals surface area contributed by atoms with E-state index in [0.717, 1.165) is 35.8 Å². The largest absolute Gasteiger partial charge is 0.497 e. The maximum Gasteiger partial charge on any atom is 0.322 e. The van der Waals surface area contributed by atoms with E-state index in [1.54, 1.807) is 55.9 Å². The third kappa shape index (κ3) is 4.31. The number of rotatable bonds is 4. The van der Waals surface area contributed by atoms with Gasteiger partial charge in [-0.3, -0.25) is 0 Å². The molecule has 0 fully saturated rings. The van der Waals surface area contributed by atoms with Crippen LogP contribution in [0.25, 0.3) is 5.00 Å². The Labute approximate surface area is 225 Å². The van der Waals surface area contributed by atoms with Crippen LogP contribution in [-0.4, -0.2) is 48.2 Å². The lowest BCUT2D eigenvalue weighted by Gasteiger charge is -2.32. The number of carbonyl (C=O) groups excluding carboxylic acids is 1. The third-order valence-corrected chi connectivity index (χ3v) is 8.56. The average molecular weight is 533 g/mol. The molecule has 0 unspecified atom stereocenters. The molecular weight excluding hydrogens is 503 g/mol. The van der Waals surface area contributed by atoms with Gasteiger partial charge >= 0.3 is 6.03 Å². The number of thiophene rings is 1. The molecule has 0 spiro atoms. The van der Waals surface area contributed by atoms with E-state index in [9.17, 15) is 9.18 Å². The second-order valence-electron chi connectivity index (χ2n) is 9.69. The highest BCUT2D eigenvalue weighted by Gasteiger charge is 2.36. The number of urea groups is 1. The molecule has 2 aromatic carbocycles. The lowest BCUT2D eigenvalue weighted by molar-refractivity contribution is 0.194. The zero-order valence-electron chi connectivity index (χ0n) is 21.5. The van der Waals surface area contributed by atoms with Gasteiger partial charge in [-0.05, 0) is 48.9 Å². The molecular formula is C29H29FN4O3S. The highest BCUT2D eigenvalue weighted by Crippen LogP contribution is 2.43. The Morgan fingerprint density at radius 3 is 2.47 bits per heavy atom. The molecule has 9 heteroatoms. The molecule has 4 heterocycles. The molecule has 2 aliphatic rings. The van der Waals surface area contributed by atoms with Crippen molar-refractivity contribution < 1.29 is 18.7 Å². The van der Waals surface area contributed by atoms with Gasteiger partial charge in [0.2, 0.25) is 0 Å². The van der Waals surface area contributed by atoms with Gasteiger partial charge < -0.3 is 29.2 Å². The number of anilines is 1. The molecule has 2 amide bonds. The van der Waals surface area contributed by atoms with Crippen molar-refractivity contribution in [2.45, 2.75) is 25.6 Å². The molecule has 196 valence electrons. The van der Waals surface area contributed by atoms with Crippen molar-refractivity contribution in [1.29, 1.82) is 0 Å². The summed E-state index contributed by atoms with van der Waals surface area (Å²) in [5, 5.41) is 4.22. The fraction of sp³-hybridized carbons (Fsp3) is 0.276. The van der Waals surface area contributed by atoms with E-state index in [1.807, 2.05) is 17.0 Å². The number of fused-ring (bicyclic) bond motifs is 5. The van der Waals surface area contributed by atoms with Gasteiger partial charge in [-0.25, -0.2) is 9.18 Å². The van der Waals surface area contributed by atoms with E-state index in [2.05, 4.69) is 28.0 Å². The predicted molar refractivity (Wildman–Crippen MR) is 146 cm³/mol. The minimum Gasteiger partial charge on any atom is -0.497 e. The van der Waals surface area contributed by atoms with Crippen molar-refractivity contribution in [3.8, 4) is 16.5 Å². The topological polar surface area (TPSA) is 59.0 Å². The fourth-order valence-electron chi connectivity index (χ4n) is 5.42. The maximum absolute atomic E-state index is 14.1. The Bertz CT molecular complexity index is 1470. The van der Waals surface area contributed by atoms with Crippen molar-refractivity contribution in [2.75, 3.05) is 33.1 Å². The first-order valence-electron chi connectivity index (χ1n) is 12.5. The fourth-order valence-corrected chi connectivity index (χ4v) is 6.87. The number of hydrogen-bond acceptors (Lipinski definition) is 5. The molecule has 7 nitrogen and oxygen atoms in total. The van der Waals surface area contributed by atoms with E-state index >= 15 is 0 Å². The van der Waals surface area contributed by atoms with Crippen LogP contribution in [0.3, 0.4) is 0 Å². The van der Waals surface area contributed by atoms with Gasteiger partial charge in [-0.1, -0.05) is 12.1 Å². The number of halogens is 1. The molecule has 4 aromatic rings. The van der Waals surface area contributed by atoms with Crippen molar-refractivity contribution in [2.24, 2.45) is 0 Å². The monoisotopic (exact) mass is 532 g/mol. The van der Waals surface area contributed by atoms with E-state index in [-0.39, 0.29) is 11.8 Å². The van der Waals surface area contributed by atoms with Crippen LogP contribution in [0.5, 0.6) is 11.5 Å². The molecule has 1 N–H and O–H groups in total. The average Bonchev–Trinajstić information content (AvgIpc) is 3.50. The molecule has 1 atom stereocenters. The van der Waals surface area contributed by atoms with Crippen LogP contribution >= 0.6 is 11.3 Å². The highest BCUT2D eigenvalue weighted by atomic mass is 32.1. The maximum atomic E-state index is 14.1. The van der Waals surface area contributed by atoms with E-state index < -0.39 is 6.04 Å². The third-order valence-electron chi connectivity index (χ3n) is 7.30. The quantitative estimate of drug-likeness (QED) is 0.360. The summed E-state index contributed by atoms with van der Waals surface area (Å²) in [6.45, 7) is 2.31. The molecule has 0 aliphatic carbocycles. The molecule has 0 saturated heterocycles. The van der Waals surface area contributed by atoms with Crippen molar-refractivity contribution >= 4 is 23.1 Å². The summed E-state index contributed by atoms with van der Waals surface area (Å²) in [5.41, 5.74) is 4.88. The molecule has 0 radical (unpaired) electrons. The first kappa shape index (κ1) is 24.5. The summed E-state index contributed by atoms with van der Waals surface area (Å²) in [6.07, 6.45) is 3.00. The van der Waals surface area contributed by atoms with Crippen LogP contribution < -0.4 is 14.8 Å². The molecule has 0 saturated carbocycles. The van der Waals surface area contributed by atoms with Gasteiger partial charge in [0, 0.05) is 53.6 Å². The summed E-state index contributed by atoms with van der Waals surface area (Å²) < 4.78 is 26.9. The normalized spacial score (nSPS) is 16.7. The van der Waals surface area contributed by atoms with Crippen LogP contribution in [0.4, 0.5) is 14.9 Å². The minimum absolute atomic E-state index is 0.261. The van der Waals surface area contributed by atoms with Crippen LogP contribution in [0, 0.1) is 5.82 Å². The minimum atomic E-state index is -0.417. The lowest BCUT2D eigenvalue weighted by atomic mass is 10.0. The SMILES string of the molecule is COc1cc(NC(=O)N2Cc3c(sc4c3CCN(C)C4)-n3cccc3[C@H]2c2ccc(F)cc2)cc(OC)c1. The summed E-state index contributed by atoms with van der Waals surface area (Å²) in [6, 6.07) is 15.1. The number of ether oxygens (including phenoxy) is 2. The molecule has 2 aliphatic heterocycles. The first-order valence-corrected chi connectivity index (χ1v) is 13.3. The van der Waals surface area contributed by atoms with Crippen LogP contribution in [0.15, 0.2) is 60.8 Å². The van der Waals surface area contributed by atoms with E-state index in [4.69, 9.17) is 9.47 Å². The van der Waals surface area contributed by atoms with Gasteiger partial charge in [-0.2, -0.15) is 0 Å². The smallest absolute Gasteiger partial charge is 0.322 e. The molecule has 6 rings (SSSR count). The number of methoxy groups -OCH3 is 2. The van der Waals surface area contributed by atoms with E-state index in [0.29, 0.717) is 23.7 Å². The molecule has 38 heavy (non-hydrogen) atoms. The van der Waals surface area contributed by atoms with Crippen molar-refractivity contribution in [3.05, 3.63) is 93.9 Å². The summed E-state index contributed by atoms with van der Waals surface area (Å²) >= 11 is 1.80. The zero-order valence-corrected chi connectivity index (χ0v) is 22.3. The predicted octanol–water partition coefficient (Wildman–Crippen LogP) is 5.82. The Kier molecular flexibility index (Phi) is 6.33. The number of nitrogens with zero attached hydrogens (tertiary/aromatic N) is 3. The Balaban J connectivity index is 1.47. The second kappa shape index (κ2) is 9.81. The van der Waals surface area contributed by atoms with Crippen LogP contribution in [0.1, 0.15) is 33.3 Å². The Morgan fingerprint density at radius 1 is 1.03 bits per heavy atom. The second-order valence-corrected chi connectivity index (χ2v) is 10.8. The highest BCUT2D eigenvalue weighted by molar-refractivity contribution is 7.15. The van der Waals surface area contributed by atoms with Crippen molar-refractivity contribution in [3.63, 3.8) is 0 Å². The molecule has 0 bridgehead atoms. The Morgan fingerprint density at radius 2 is 1.76 bits per heavy atom. The van der Waals surface area contributed by atoms with E-state index in [1.165, 1.54) is 28.1 Å². The number of likely N-dealkylation sites (N-methyl/N-ethyl adjacent to an activating group) is 1. The Hall–Kier alpha value is -3.82. The zero-order chi connectivity index (χ0) is 26.4. The van der Waals surface area contributed by atoms with Gasteiger partial charge in [0.1, 0.15) is 22.3 Å².